The minimum Gasteiger partial charge on any atom is -0.497 e. The highest BCUT2D eigenvalue weighted by molar-refractivity contribution is 5.61. The van der Waals surface area contributed by atoms with Gasteiger partial charge >= 0.3 is 0 Å². The Kier molecular flexibility index (Phi) is 4.20. The van der Waals surface area contributed by atoms with Crippen LogP contribution < -0.4 is 10.1 Å². The van der Waals surface area contributed by atoms with Gasteiger partial charge in [-0.1, -0.05) is 12.1 Å². The van der Waals surface area contributed by atoms with Crippen molar-refractivity contribution in [2.24, 2.45) is 7.05 Å². The number of aromatic amines is 1. The Morgan fingerprint density at radius 1 is 1.23 bits per heavy atom. The first-order chi connectivity index (χ1) is 10.8. The Labute approximate surface area is 129 Å². The lowest BCUT2D eigenvalue weighted by Crippen LogP contribution is -2.15. The molecular weight excluding hydrogens is 278 g/mol. The van der Waals surface area contributed by atoms with Crippen molar-refractivity contribution in [2.45, 2.75) is 13.1 Å². The van der Waals surface area contributed by atoms with E-state index < -0.39 is 0 Å². The van der Waals surface area contributed by atoms with Gasteiger partial charge < -0.3 is 10.1 Å². The van der Waals surface area contributed by atoms with Gasteiger partial charge in [-0.2, -0.15) is 10.2 Å². The molecule has 1 aromatic carbocycles. The molecule has 3 rings (SSSR count). The predicted molar refractivity (Wildman–Crippen MR) is 84.3 cm³/mol. The van der Waals surface area contributed by atoms with Crippen molar-refractivity contribution in [1.82, 2.24) is 25.3 Å². The van der Waals surface area contributed by atoms with Crippen molar-refractivity contribution in [3.8, 4) is 17.0 Å². The normalized spacial score (nSPS) is 10.8. The topological polar surface area (TPSA) is 67.8 Å². The summed E-state index contributed by atoms with van der Waals surface area (Å²) < 4.78 is 7.10. The molecular formula is C16H19N5O. The monoisotopic (exact) mass is 297 g/mol. The van der Waals surface area contributed by atoms with E-state index in [1.54, 1.807) is 13.3 Å². The number of rotatable bonds is 6. The van der Waals surface area contributed by atoms with E-state index in [0.717, 1.165) is 41.5 Å². The molecule has 22 heavy (non-hydrogen) atoms. The lowest BCUT2D eigenvalue weighted by molar-refractivity contribution is 0.415. The number of ether oxygens (including phenoxy) is 1. The molecule has 0 aliphatic heterocycles. The second kappa shape index (κ2) is 6.44. The molecule has 0 bridgehead atoms. The Morgan fingerprint density at radius 2 is 2.14 bits per heavy atom. The van der Waals surface area contributed by atoms with Crippen molar-refractivity contribution in [3.05, 3.63) is 54.0 Å². The summed E-state index contributed by atoms with van der Waals surface area (Å²) in [4.78, 5) is 0. The number of aromatic nitrogens is 4. The summed E-state index contributed by atoms with van der Waals surface area (Å²) in [6.45, 7) is 1.49. The molecule has 0 aliphatic carbocycles. The SMILES string of the molecule is COc1cccc(-c2cc(CNCc3ccnn3C)[nH]n2)c1. The molecule has 0 fully saturated rings. The molecule has 0 unspecified atom stereocenters. The third-order valence-electron chi connectivity index (χ3n) is 3.54. The van der Waals surface area contributed by atoms with Crippen LogP contribution in [0.2, 0.25) is 0 Å². The van der Waals surface area contributed by atoms with Crippen LogP contribution in [-0.2, 0) is 20.1 Å². The minimum atomic E-state index is 0.724. The van der Waals surface area contributed by atoms with E-state index in [0.29, 0.717) is 0 Å². The van der Waals surface area contributed by atoms with Gasteiger partial charge in [0.2, 0.25) is 0 Å². The van der Waals surface area contributed by atoms with Crippen LogP contribution in [0.3, 0.4) is 0 Å². The smallest absolute Gasteiger partial charge is 0.119 e. The van der Waals surface area contributed by atoms with Gasteiger partial charge in [-0.25, -0.2) is 0 Å². The number of aryl methyl sites for hydroxylation is 1. The van der Waals surface area contributed by atoms with Crippen molar-refractivity contribution in [1.29, 1.82) is 0 Å². The summed E-state index contributed by atoms with van der Waals surface area (Å²) in [6, 6.07) is 11.9. The number of methoxy groups -OCH3 is 1. The average Bonchev–Trinajstić information content (AvgIpc) is 3.17. The molecule has 0 aliphatic rings. The number of benzene rings is 1. The standard InChI is InChI=1S/C16H19N5O/c1-21-14(6-7-18-21)11-17-10-13-9-16(20-19-13)12-4-3-5-15(8-12)22-2/h3-9,17H,10-11H2,1-2H3,(H,19,20). The Bertz CT molecular complexity index is 746. The van der Waals surface area contributed by atoms with Gasteiger partial charge in [-0.15, -0.1) is 0 Å². The van der Waals surface area contributed by atoms with E-state index in [2.05, 4.69) is 20.6 Å². The summed E-state index contributed by atoms with van der Waals surface area (Å²) in [6.07, 6.45) is 1.80. The summed E-state index contributed by atoms with van der Waals surface area (Å²) in [5.41, 5.74) is 4.14. The highest BCUT2D eigenvalue weighted by Crippen LogP contribution is 2.22. The van der Waals surface area contributed by atoms with Crippen LogP contribution in [0.1, 0.15) is 11.4 Å². The summed E-state index contributed by atoms with van der Waals surface area (Å²) in [7, 11) is 3.60. The number of nitrogens with zero attached hydrogens (tertiary/aromatic N) is 3. The average molecular weight is 297 g/mol. The minimum absolute atomic E-state index is 0.724. The van der Waals surface area contributed by atoms with Crippen LogP contribution in [0.15, 0.2) is 42.6 Å². The fourth-order valence-electron chi connectivity index (χ4n) is 2.28. The zero-order chi connectivity index (χ0) is 15.4. The molecule has 0 saturated heterocycles. The second-order valence-corrected chi connectivity index (χ2v) is 5.06. The maximum atomic E-state index is 5.24. The van der Waals surface area contributed by atoms with Gasteiger partial charge in [-0.05, 0) is 24.3 Å². The van der Waals surface area contributed by atoms with E-state index in [4.69, 9.17) is 4.74 Å². The van der Waals surface area contributed by atoms with Crippen molar-refractivity contribution in [3.63, 3.8) is 0 Å². The third kappa shape index (κ3) is 3.17. The number of H-pyrrole nitrogens is 1. The fourth-order valence-corrected chi connectivity index (χ4v) is 2.28. The summed E-state index contributed by atoms with van der Waals surface area (Å²) in [5, 5.41) is 14.9. The quantitative estimate of drug-likeness (QED) is 0.731. The first-order valence-electron chi connectivity index (χ1n) is 7.12. The van der Waals surface area contributed by atoms with Gasteiger partial charge in [0.05, 0.1) is 18.5 Å². The molecule has 0 saturated carbocycles. The van der Waals surface area contributed by atoms with Crippen molar-refractivity contribution in [2.75, 3.05) is 7.11 Å². The van der Waals surface area contributed by atoms with Crippen LogP contribution >= 0.6 is 0 Å². The van der Waals surface area contributed by atoms with Gasteiger partial charge in [-0.3, -0.25) is 9.78 Å². The van der Waals surface area contributed by atoms with Crippen LogP contribution in [0.25, 0.3) is 11.3 Å². The Morgan fingerprint density at radius 3 is 2.91 bits per heavy atom. The Hall–Kier alpha value is -2.60. The Balaban J connectivity index is 1.62. The maximum Gasteiger partial charge on any atom is 0.119 e. The molecule has 114 valence electrons. The van der Waals surface area contributed by atoms with Gasteiger partial charge in [0.1, 0.15) is 5.75 Å². The van der Waals surface area contributed by atoms with Crippen LogP contribution in [0.5, 0.6) is 5.75 Å². The van der Waals surface area contributed by atoms with E-state index in [9.17, 15) is 0 Å². The largest absolute Gasteiger partial charge is 0.497 e. The van der Waals surface area contributed by atoms with E-state index in [1.807, 2.05) is 48.1 Å². The van der Waals surface area contributed by atoms with Gasteiger partial charge in [0, 0.05) is 37.6 Å². The third-order valence-corrected chi connectivity index (χ3v) is 3.54. The molecule has 0 spiro atoms. The number of hydrogen-bond donors (Lipinski definition) is 2. The lowest BCUT2D eigenvalue weighted by Gasteiger charge is -2.03. The fraction of sp³-hybridized carbons (Fsp3) is 0.250. The van der Waals surface area contributed by atoms with Crippen LogP contribution in [-0.4, -0.2) is 27.1 Å². The zero-order valence-corrected chi connectivity index (χ0v) is 12.7. The first-order valence-corrected chi connectivity index (χ1v) is 7.12. The van der Waals surface area contributed by atoms with E-state index in [1.165, 1.54) is 0 Å². The summed E-state index contributed by atoms with van der Waals surface area (Å²) >= 11 is 0. The molecule has 2 aromatic heterocycles. The molecule has 2 N–H and O–H groups in total. The van der Waals surface area contributed by atoms with Crippen molar-refractivity contribution >= 4 is 0 Å². The van der Waals surface area contributed by atoms with Crippen molar-refractivity contribution < 1.29 is 4.74 Å². The molecule has 0 radical (unpaired) electrons. The molecule has 2 heterocycles. The lowest BCUT2D eigenvalue weighted by atomic mass is 10.1. The van der Waals surface area contributed by atoms with E-state index >= 15 is 0 Å². The molecule has 3 aromatic rings. The number of nitrogens with one attached hydrogen (secondary N) is 2. The predicted octanol–water partition coefficient (Wildman–Crippen LogP) is 2.11. The maximum absolute atomic E-state index is 5.24. The first kappa shape index (κ1) is 14.3. The van der Waals surface area contributed by atoms with Crippen LogP contribution in [0, 0.1) is 0 Å². The van der Waals surface area contributed by atoms with E-state index in [-0.39, 0.29) is 0 Å². The molecule has 6 heteroatoms. The summed E-state index contributed by atoms with van der Waals surface area (Å²) in [5.74, 6) is 0.830. The van der Waals surface area contributed by atoms with Gasteiger partial charge in [0.25, 0.3) is 0 Å². The zero-order valence-electron chi connectivity index (χ0n) is 12.7. The molecule has 0 atom stereocenters. The highest BCUT2D eigenvalue weighted by atomic mass is 16.5. The van der Waals surface area contributed by atoms with Gasteiger partial charge in [0.15, 0.2) is 0 Å². The number of hydrogen-bond acceptors (Lipinski definition) is 4. The molecule has 6 nitrogen and oxygen atoms in total. The van der Waals surface area contributed by atoms with Crippen LogP contribution in [0.4, 0.5) is 0 Å². The second-order valence-electron chi connectivity index (χ2n) is 5.06. The molecule has 0 amide bonds. The highest BCUT2D eigenvalue weighted by Gasteiger charge is 2.05.